The Bertz CT molecular complexity index is 1380. The minimum Gasteiger partial charge on any atom is -0.337 e. The number of anilines is 1. The molecule has 0 fully saturated rings. The zero-order chi connectivity index (χ0) is 22.0. The van der Waals surface area contributed by atoms with Crippen LogP contribution in [0.1, 0.15) is 11.4 Å². The zero-order valence-corrected chi connectivity index (χ0v) is 16.4. The van der Waals surface area contributed by atoms with Crippen LogP contribution >= 0.6 is 0 Å². The van der Waals surface area contributed by atoms with E-state index in [-0.39, 0.29) is 22.1 Å². The Hall–Kier alpha value is -4.16. The summed E-state index contributed by atoms with van der Waals surface area (Å²) in [6.45, 7) is 0. The van der Waals surface area contributed by atoms with Gasteiger partial charge < -0.3 is 4.98 Å². The van der Waals surface area contributed by atoms with Gasteiger partial charge in [-0.05, 0) is 30.3 Å². The highest BCUT2D eigenvalue weighted by Gasteiger charge is 2.17. The predicted octanol–water partition coefficient (Wildman–Crippen LogP) is 2.98. The van der Waals surface area contributed by atoms with Crippen molar-refractivity contribution in [1.29, 1.82) is 0 Å². The fraction of sp³-hybridized carbons (Fsp3) is 0. The quantitative estimate of drug-likeness (QED) is 0.179. The number of benzene rings is 2. The van der Waals surface area contributed by atoms with Gasteiger partial charge in [-0.3, -0.25) is 20.1 Å². The molecule has 0 aliphatic carbocycles. The number of hydrogen-bond donors (Lipinski definition) is 3. The smallest absolute Gasteiger partial charge is 0.294 e. The maximum atomic E-state index is 11.6. The van der Waals surface area contributed by atoms with Gasteiger partial charge in [0.1, 0.15) is 17.7 Å². The van der Waals surface area contributed by atoms with E-state index in [0.717, 1.165) is 11.7 Å². The van der Waals surface area contributed by atoms with Gasteiger partial charge in [0.05, 0.1) is 20.9 Å². The Labute approximate surface area is 175 Å². The summed E-state index contributed by atoms with van der Waals surface area (Å²) in [4.78, 5) is 21.4. The van der Waals surface area contributed by atoms with Gasteiger partial charge in [-0.1, -0.05) is 24.3 Å². The maximum Gasteiger partial charge on any atom is 0.294 e. The molecule has 0 atom stereocenters. The summed E-state index contributed by atoms with van der Waals surface area (Å²) in [5.41, 5.74) is 4.52. The average Bonchev–Trinajstić information content (AvgIpc) is 3.18. The van der Waals surface area contributed by atoms with Crippen molar-refractivity contribution in [3.63, 3.8) is 0 Å². The summed E-state index contributed by atoms with van der Waals surface area (Å²) in [6.07, 6.45) is 1.08. The van der Waals surface area contributed by atoms with Gasteiger partial charge >= 0.3 is 0 Å². The van der Waals surface area contributed by atoms with E-state index in [2.05, 4.69) is 25.5 Å². The van der Waals surface area contributed by atoms with Crippen LogP contribution in [0.25, 0.3) is 11.0 Å². The fourth-order valence-corrected chi connectivity index (χ4v) is 3.32. The maximum absolute atomic E-state index is 11.6. The Kier molecular flexibility index (Phi) is 5.15. The molecule has 0 saturated heterocycles. The molecule has 0 aliphatic heterocycles. The monoisotopic (exact) mass is 438 g/mol. The highest BCUT2D eigenvalue weighted by atomic mass is 32.2. The summed E-state index contributed by atoms with van der Waals surface area (Å²) in [5.74, 6) is 0.563. The summed E-state index contributed by atoms with van der Waals surface area (Å²) < 4.78 is 32.5. The molecule has 2 aromatic heterocycles. The zero-order valence-electron chi connectivity index (χ0n) is 15.6. The molecule has 2 aromatic carbocycles. The number of pyridine rings is 1. The highest BCUT2D eigenvalue weighted by molar-refractivity contribution is 7.85. The van der Waals surface area contributed by atoms with Crippen LogP contribution in [0.2, 0.25) is 0 Å². The fourth-order valence-electron chi connectivity index (χ4n) is 2.80. The number of aromatic nitrogens is 3. The van der Waals surface area contributed by atoms with E-state index >= 15 is 0 Å². The third kappa shape index (κ3) is 4.39. The van der Waals surface area contributed by atoms with Crippen LogP contribution < -0.4 is 5.43 Å². The minimum atomic E-state index is -4.43. The average molecular weight is 438 g/mol. The van der Waals surface area contributed by atoms with Crippen molar-refractivity contribution < 1.29 is 17.9 Å². The molecule has 0 unspecified atom stereocenters. The number of hydrazone groups is 1. The third-order valence-electron chi connectivity index (χ3n) is 4.26. The van der Waals surface area contributed by atoms with E-state index in [4.69, 9.17) is 0 Å². The molecule has 0 aliphatic rings. The van der Waals surface area contributed by atoms with Crippen molar-refractivity contribution >= 4 is 38.4 Å². The van der Waals surface area contributed by atoms with E-state index in [0.29, 0.717) is 16.9 Å². The first-order chi connectivity index (χ1) is 14.8. The number of rotatable bonds is 6. The third-order valence-corrected chi connectivity index (χ3v) is 5.11. The molecule has 4 aromatic rings. The van der Waals surface area contributed by atoms with Gasteiger partial charge in [-0.15, -0.1) is 0 Å². The molecule has 4 rings (SSSR count). The molecule has 0 saturated carbocycles. The number of para-hydroxylation sites is 2. The second-order valence-corrected chi connectivity index (χ2v) is 7.76. The van der Waals surface area contributed by atoms with Crippen LogP contribution in [-0.4, -0.2) is 38.6 Å². The first-order valence-electron chi connectivity index (χ1n) is 8.78. The standard InChI is InChI=1S/C19H14N6O5S/c26-25(27)13-8-9-17(20-11-13)23-24-18(12-4-3-5-14(10-12)31(28,29)30)19-21-15-6-1-2-7-16(15)22-19/h1-11H,(H,20,23)(H,21,22)(H,28,29,30)/b24-18-. The number of nitrogens with one attached hydrogen (secondary N) is 2. The van der Waals surface area contributed by atoms with Gasteiger partial charge in [0.25, 0.3) is 15.8 Å². The van der Waals surface area contributed by atoms with Crippen LogP contribution in [0.4, 0.5) is 11.5 Å². The van der Waals surface area contributed by atoms with Crippen molar-refractivity contribution in [2.75, 3.05) is 5.43 Å². The molecule has 0 bridgehead atoms. The van der Waals surface area contributed by atoms with Gasteiger partial charge in [-0.2, -0.15) is 13.5 Å². The van der Waals surface area contributed by atoms with E-state index in [1.165, 1.54) is 30.3 Å². The number of aromatic amines is 1. The lowest BCUT2D eigenvalue weighted by molar-refractivity contribution is -0.385. The number of imidazole rings is 1. The van der Waals surface area contributed by atoms with Gasteiger partial charge in [0.2, 0.25) is 0 Å². The van der Waals surface area contributed by atoms with Crippen molar-refractivity contribution in [1.82, 2.24) is 15.0 Å². The lowest BCUT2D eigenvalue weighted by atomic mass is 10.1. The Morgan fingerprint density at radius 2 is 1.94 bits per heavy atom. The minimum absolute atomic E-state index is 0.173. The van der Waals surface area contributed by atoms with Crippen LogP contribution in [0.5, 0.6) is 0 Å². The molecular formula is C19H14N6O5S. The summed E-state index contributed by atoms with van der Waals surface area (Å²) in [6, 6.07) is 15.5. The number of hydrogen-bond acceptors (Lipinski definition) is 8. The molecule has 0 amide bonds. The first-order valence-corrected chi connectivity index (χ1v) is 10.2. The van der Waals surface area contributed by atoms with E-state index in [9.17, 15) is 23.1 Å². The van der Waals surface area contributed by atoms with Gasteiger partial charge in [-0.25, -0.2) is 9.97 Å². The molecular weight excluding hydrogens is 424 g/mol. The summed E-state index contributed by atoms with van der Waals surface area (Å²) >= 11 is 0. The molecule has 3 N–H and O–H groups in total. The second-order valence-electron chi connectivity index (χ2n) is 6.34. The Balaban J connectivity index is 1.79. The largest absolute Gasteiger partial charge is 0.337 e. The van der Waals surface area contributed by atoms with Crippen molar-refractivity contribution in [2.24, 2.45) is 5.10 Å². The molecule has 0 spiro atoms. The molecule has 0 radical (unpaired) electrons. The Morgan fingerprint density at radius 1 is 1.13 bits per heavy atom. The topological polar surface area (TPSA) is 163 Å². The van der Waals surface area contributed by atoms with Crippen LogP contribution in [0, 0.1) is 10.1 Å². The van der Waals surface area contributed by atoms with Crippen molar-refractivity contribution in [3.05, 3.63) is 88.4 Å². The van der Waals surface area contributed by atoms with E-state index in [1.807, 2.05) is 18.2 Å². The molecule has 2 heterocycles. The number of nitrogens with zero attached hydrogens (tertiary/aromatic N) is 4. The number of nitro groups is 1. The van der Waals surface area contributed by atoms with Crippen molar-refractivity contribution in [2.45, 2.75) is 4.90 Å². The van der Waals surface area contributed by atoms with Gasteiger partial charge in [0, 0.05) is 11.6 Å². The molecule has 156 valence electrons. The van der Waals surface area contributed by atoms with Crippen LogP contribution in [-0.2, 0) is 10.1 Å². The van der Waals surface area contributed by atoms with E-state index in [1.54, 1.807) is 12.1 Å². The highest BCUT2D eigenvalue weighted by Crippen LogP contribution is 2.18. The van der Waals surface area contributed by atoms with Crippen molar-refractivity contribution in [3.8, 4) is 0 Å². The summed E-state index contributed by atoms with van der Waals surface area (Å²) in [5, 5.41) is 15.1. The number of H-pyrrole nitrogens is 1. The van der Waals surface area contributed by atoms with Gasteiger partial charge in [0.15, 0.2) is 5.82 Å². The Morgan fingerprint density at radius 3 is 2.61 bits per heavy atom. The number of fused-ring (bicyclic) bond motifs is 1. The molecule has 12 heteroatoms. The first kappa shape index (κ1) is 20.1. The normalized spacial score (nSPS) is 12.1. The molecule has 31 heavy (non-hydrogen) atoms. The molecule has 11 nitrogen and oxygen atoms in total. The van der Waals surface area contributed by atoms with Crippen LogP contribution in [0.15, 0.2) is 76.9 Å². The second kappa shape index (κ2) is 7.93. The predicted molar refractivity (Wildman–Crippen MR) is 113 cm³/mol. The van der Waals surface area contributed by atoms with Crippen LogP contribution in [0.3, 0.4) is 0 Å². The SMILES string of the molecule is O=[N+]([O-])c1ccc(N/N=C(/c2cccc(S(=O)(=O)O)c2)c2nc3ccccc3[nH]2)nc1. The van der Waals surface area contributed by atoms with E-state index < -0.39 is 15.0 Å². The lowest BCUT2D eigenvalue weighted by Crippen LogP contribution is -2.10. The lowest BCUT2D eigenvalue weighted by Gasteiger charge is -2.07. The summed E-state index contributed by atoms with van der Waals surface area (Å²) in [7, 11) is -4.43.